The molecule has 2 N–H and O–H groups in total. The first-order valence-electron chi connectivity index (χ1n) is 6.58. The number of hydrogen-bond donors (Lipinski definition) is 1. The topological polar surface area (TPSA) is 55.6 Å². The lowest BCUT2D eigenvalue weighted by molar-refractivity contribution is 0.0987. The van der Waals surface area contributed by atoms with E-state index in [1.54, 1.807) is 36.3 Å². The van der Waals surface area contributed by atoms with Crippen LogP contribution in [0.3, 0.4) is 0 Å². The number of halogens is 1. The van der Waals surface area contributed by atoms with Crippen molar-refractivity contribution in [3.8, 4) is 5.75 Å². The van der Waals surface area contributed by atoms with Crippen molar-refractivity contribution in [1.82, 2.24) is 0 Å². The molecule has 2 aromatic rings. The van der Waals surface area contributed by atoms with Gasteiger partial charge < -0.3 is 15.4 Å². The molecule has 0 aliphatic heterocycles. The Kier molecular flexibility index (Phi) is 4.85. The number of hydrogen-bond acceptors (Lipinski definition) is 3. The molecule has 2 aromatic carbocycles. The van der Waals surface area contributed by atoms with E-state index in [2.05, 4.69) is 15.9 Å². The summed E-state index contributed by atoms with van der Waals surface area (Å²) in [7, 11) is 1.57. The summed E-state index contributed by atoms with van der Waals surface area (Å²) in [5.41, 5.74) is 7.80. The summed E-state index contributed by atoms with van der Waals surface area (Å²) in [4.78, 5) is 14.5. The van der Waals surface area contributed by atoms with E-state index >= 15 is 0 Å². The fourth-order valence-corrected chi connectivity index (χ4v) is 2.51. The molecular formula is C16H17BrN2O2. The van der Waals surface area contributed by atoms with Crippen molar-refractivity contribution in [3.63, 3.8) is 0 Å². The van der Waals surface area contributed by atoms with Crippen LogP contribution in [0.25, 0.3) is 0 Å². The molecule has 1 amide bonds. The summed E-state index contributed by atoms with van der Waals surface area (Å²) in [6.45, 7) is 2.44. The fourth-order valence-electron chi connectivity index (χ4n) is 2.10. The van der Waals surface area contributed by atoms with Crippen molar-refractivity contribution in [2.75, 3.05) is 24.3 Å². The maximum atomic E-state index is 12.8. The van der Waals surface area contributed by atoms with Crippen molar-refractivity contribution in [2.24, 2.45) is 0 Å². The molecule has 0 unspecified atom stereocenters. The van der Waals surface area contributed by atoms with Crippen molar-refractivity contribution in [3.05, 3.63) is 52.5 Å². The van der Waals surface area contributed by atoms with Gasteiger partial charge in [-0.2, -0.15) is 0 Å². The third-order valence-electron chi connectivity index (χ3n) is 3.19. The highest BCUT2D eigenvalue weighted by atomic mass is 79.9. The SMILES string of the molecule is CCN(C(=O)c1cc(OC)ccc1Br)c1ccccc1N. The first-order valence-corrected chi connectivity index (χ1v) is 7.37. The second-order valence-electron chi connectivity index (χ2n) is 4.45. The number of nitrogens with zero attached hydrogens (tertiary/aromatic N) is 1. The fraction of sp³-hybridized carbons (Fsp3) is 0.188. The van der Waals surface area contributed by atoms with Gasteiger partial charge in [-0.05, 0) is 53.2 Å². The van der Waals surface area contributed by atoms with Gasteiger partial charge in [-0.1, -0.05) is 12.1 Å². The number of carbonyl (C=O) groups excluding carboxylic acids is 1. The first-order chi connectivity index (χ1) is 10.1. The highest BCUT2D eigenvalue weighted by Gasteiger charge is 2.20. The molecule has 0 aliphatic rings. The molecular weight excluding hydrogens is 332 g/mol. The summed E-state index contributed by atoms with van der Waals surface area (Å²) in [5, 5.41) is 0. The van der Waals surface area contributed by atoms with Gasteiger partial charge >= 0.3 is 0 Å². The zero-order chi connectivity index (χ0) is 15.4. The van der Waals surface area contributed by atoms with E-state index in [9.17, 15) is 4.79 Å². The van der Waals surface area contributed by atoms with Crippen molar-refractivity contribution >= 4 is 33.2 Å². The minimum Gasteiger partial charge on any atom is -0.497 e. The molecule has 0 aromatic heterocycles. The first kappa shape index (κ1) is 15.4. The second-order valence-corrected chi connectivity index (χ2v) is 5.31. The number of para-hydroxylation sites is 2. The predicted molar refractivity (Wildman–Crippen MR) is 88.9 cm³/mol. The van der Waals surface area contributed by atoms with Crippen LogP contribution >= 0.6 is 15.9 Å². The number of amides is 1. The number of nitrogens with two attached hydrogens (primary N) is 1. The lowest BCUT2D eigenvalue weighted by Gasteiger charge is -2.23. The van der Waals surface area contributed by atoms with Crippen LogP contribution in [0.4, 0.5) is 11.4 Å². The van der Waals surface area contributed by atoms with Crippen LogP contribution in [0.5, 0.6) is 5.75 Å². The third kappa shape index (κ3) is 3.19. The van der Waals surface area contributed by atoms with Gasteiger partial charge in [0.05, 0.1) is 24.0 Å². The van der Waals surface area contributed by atoms with Crippen LogP contribution in [0, 0.1) is 0 Å². The molecule has 21 heavy (non-hydrogen) atoms. The van der Waals surface area contributed by atoms with Gasteiger partial charge in [-0.3, -0.25) is 4.79 Å². The zero-order valence-corrected chi connectivity index (χ0v) is 13.6. The van der Waals surface area contributed by atoms with Gasteiger partial charge in [-0.25, -0.2) is 0 Å². The summed E-state index contributed by atoms with van der Waals surface area (Å²) >= 11 is 3.41. The molecule has 0 spiro atoms. The standard InChI is InChI=1S/C16H17BrN2O2/c1-3-19(15-7-5-4-6-14(15)18)16(20)12-10-11(21-2)8-9-13(12)17/h4-10H,3,18H2,1-2H3. The smallest absolute Gasteiger partial charge is 0.259 e. The number of nitrogen functional groups attached to an aromatic ring is 1. The summed E-state index contributed by atoms with van der Waals surface area (Å²) in [6, 6.07) is 12.6. The Bertz CT molecular complexity index is 658. The van der Waals surface area contributed by atoms with Crippen molar-refractivity contribution in [1.29, 1.82) is 0 Å². The minimum absolute atomic E-state index is 0.124. The average molecular weight is 349 g/mol. The lowest BCUT2D eigenvalue weighted by Crippen LogP contribution is -2.31. The number of methoxy groups -OCH3 is 1. The van der Waals surface area contributed by atoms with Crippen LogP contribution in [0.2, 0.25) is 0 Å². The molecule has 0 atom stereocenters. The Morgan fingerprint density at radius 1 is 1.29 bits per heavy atom. The minimum atomic E-state index is -0.124. The zero-order valence-electron chi connectivity index (χ0n) is 12.0. The number of ether oxygens (including phenoxy) is 1. The van der Waals surface area contributed by atoms with Crippen LogP contribution < -0.4 is 15.4 Å². The Hall–Kier alpha value is -2.01. The molecule has 0 heterocycles. The molecule has 0 radical (unpaired) electrons. The third-order valence-corrected chi connectivity index (χ3v) is 3.88. The van der Waals surface area contributed by atoms with E-state index in [1.165, 1.54) is 0 Å². The normalized spacial score (nSPS) is 10.2. The Balaban J connectivity index is 2.44. The highest BCUT2D eigenvalue weighted by Crippen LogP contribution is 2.28. The van der Waals surface area contributed by atoms with Gasteiger partial charge in [0.2, 0.25) is 0 Å². The molecule has 110 valence electrons. The number of rotatable bonds is 4. The summed E-state index contributed by atoms with van der Waals surface area (Å²) in [6.07, 6.45) is 0. The largest absolute Gasteiger partial charge is 0.497 e. The number of anilines is 2. The molecule has 0 fully saturated rings. The molecule has 0 saturated carbocycles. The van der Waals surface area contributed by atoms with E-state index in [1.807, 2.05) is 25.1 Å². The Labute approximate surface area is 132 Å². The van der Waals surface area contributed by atoms with Gasteiger partial charge in [0.25, 0.3) is 5.91 Å². The maximum absolute atomic E-state index is 12.8. The number of carbonyl (C=O) groups is 1. The average Bonchev–Trinajstić information content (AvgIpc) is 2.50. The van der Waals surface area contributed by atoms with Crippen molar-refractivity contribution < 1.29 is 9.53 Å². The molecule has 0 bridgehead atoms. The van der Waals surface area contributed by atoms with Gasteiger partial charge in [0.15, 0.2) is 0 Å². The van der Waals surface area contributed by atoms with E-state index in [0.717, 1.165) is 4.47 Å². The van der Waals surface area contributed by atoms with Gasteiger partial charge in [0, 0.05) is 11.0 Å². The lowest BCUT2D eigenvalue weighted by atomic mass is 10.1. The Morgan fingerprint density at radius 2 is 2.00 bits per heavy atom. The number of benzene rings is 2. The van der Waals surface area contributed by atoms with Crippen molar-refractivity contribution in [2.45, 2.75) is 6.92 Å². The summed E-state index contributed by atoms with van der Waals surface area (Å²) in [5.74, 6) is 0.514. The molecule has 0 saturated heterocycles. The Morgan fingerprint density at radius 3 is 2.62 bits per heavy atom. The molecule has 2 rings (SSSR count). The van der Waals surface area contributed by atoms with Crippen LogP contribution in [0.15, 0.2) is 46.9 Å². The molecule has 0 aliphatic carbocycles. The maximum Gasteiger partial charge on any atom is 0.259 e. The van der Waals surface area contributed by atoms with Gasteiger partial charge in [-0.15, -0.1) is 0 Å². The van der Waals surface area contributed by atoms with E-state index in [0.29, 0.717) is 29.2 Å². The summed E-state index contributed by atoms with van der Waals surface area (Å²) < 4.78 is 5.91. The highest BCUT2D eigenvalue weighted by molar-refractivity contribution is 9.10. The monoisotopic (exact) mass is 348 g/mol. The van der Waals surface area contributed by atoms with Gasteiger partial charge in [0.1, 0.15) is 5.75 Å². The van der Waals surface area contributed by atoms with Crippen LogP contribution in [-0.2, 0) is 0 Å². The van der Waals surface area contributed by atoms with Crippen LogP contribution in [0.1, 0.15) is 17.3 Å². The van der Waals surface area contributed by atoms with Crippen LogP contribution in [-0.4, -0.2) is 19.6 Å². The van der Waals surface area contributed by atoms with E-state index < -0.39 is 0 Å². The predicted octanol–water partition coefficient (Wildman–Crippen LogP) is 3.71. The quantitative estimate of drug-likeness (QED) is 0.857. The molecule has 4 nitrogen and oxygen atoms in total. The van der Waals surface area contributed by atoms with E-state index in [4.69, 9.17) is 10.5 Å². The van der Waals surface area contributed by atoms with E-state index in [-0.39, 0.29) is 5.91 Å². The molecule has 5 heteroatoms. The second kappa shape index (κ2) is 6.63.